The molecule has 1 N–H and O–H groups in total. The average Bonchev–Trinajstić information content (AvgIpc) is 2.25. The number of rotatable bonds is 5. The Labute approximate surface area is 97.4 Å². The maximum absolute atomic E-state index is 9.37. The summed E-state index contributed by atoms with van der Waals surface area (Å²) in [6.07, 6.45) is 1.29. The molecule has 0 amide bonds. The van der Waals surface area contributed by atoms with Crippen molar-refractivity contribution in [3.8, 4) is 0 Å². The minimum atomic E-state index is -0.509. The first-order chi connectivity index (χ1) is 7.54. The van der Waals surface area contributed by atoms with E-state index in [0.29, 0.717) is 5.69 Å². The molecule has 3 nitrogen and oxygen atoms in total. The molecule has 0 aliphatic rings. The summed E-state index contributed by atoms with van der Waals surface area (Å²) in [4.78, 5) is 6.43. The van der Waals surface area contributed by atoms with E-state index in [1.165, 1.54) is 0 Å². The minimum Gasteiger partial charge on any atom is -0.387 e. The van der Waals surface area contributed by atoms with Crippen molar-refractivity contribution in [3.05, 3.63) is 36.2 Å². The number of aromatic nitrogens is 1. The average molecular weight is 220 g/mol. The molecule has 0 aliphatic carbocycles. The van der Waals surface area contributed by atoms with Crippen LogP contribution in [0, 0.1) is 0 Å². The Kier molecular flexibility index (Phi) is 4.50. The summed E-state index contributed by atoms with van der Waals surface area (Å²) in [5.41, 5.74) is 2.89. The van der Waals surface area contributed by atoms with Crippen molar-refractivity contribution in [1.82, 2.24) is 4.98 Å². The fourth-order valence-electron chi connectivity index (χ4n) is 1.54. The van der Waals surface area contributed by atoms with Crippen LogP contribution in [-0.2, 0) is 0 Å². The molecule has 3 heteroatoms. The Hall–Kier alpha value is -1.35. The maximum Gasteiger partial charge on any atom is 0.0931 e. The minimum absolute atomic E-state index is 0.509. The van der Waals surface area contributed by atoms with Crippen LogP contribution in [-0.4, -0.2) is 23.2 Å². The van der Waals surface area contributed by atoms with E-state index in [2.05, 4.69) is 23.4 Å². The zero-order valence-corrected chi connectivity index (χ0v) is 10.3. The van der Waals surface area contributed by atoms with E-state index in [9.17, 15) is 5.11 Å². The van der Waals surface area contributed by atoms with Crippen molar-refractivity contribution in [3.63, 3.8) is 0 Å². The van der Waals surface area contributed by atoms with Crippen molar-refractivity contribution >= 4 is 5.69 Å². The third kappa shape index (κ3) is 3.35. The van der Waals surface area contributed by atoms with Crippen LogP contribution in [0.15, 0.2) is 30.5 Å². The van der Waals surface area contributed by atoms with E-state index in [-0.39, 0.29) is 0 Å². The van der Waals surface area contributed by atoms with Gasteiger partial charge < -0.3 is 10.0 Å². The summed E-state index contributed by atoms with van der Waals surface area (Å²) in [7, 11) is 0. The molecular weight excluding hydrogens is 200 g/mol. The van der Waals surface area contributed by atoms with Gasteiger partial charge in [-0.05, 0) is 32.9 Å². The first-order valence-corrected chi connectivity index (χ1v) is 5.58. The van der Waals surface area contributed by atoms with Crippen LogP contribution < -0.4 is 4.90 Å². The molecule has 0 saturated carbocycles. The van der Waals surface area contributed by atoms with Gasteiger partial charge in [0.05, 0.1) is 23.7 Å². The first kappa shape index (κ1) is 12.7. The number of aliphatic hydroxyl groups is 1. The van der Waals surface area contributed by atoms with Gasteiger partial charge in [0.2, 0.25) is 0 Å². The lowest BCUT2D eigenvalue weighted by Gasteiger charge is -2.23. The summed E-state index contributed by atoms with van der Waals surface area (Å²) in [5.74, 6) is 0. The predicted molar refractivity (Wildman–Crippen MR) is 67.6 cm³/mol. The van der Waals surface area contributed by atoms with E-state index < -0.39 is 6.10 Å². The highest BCUT2D eigenvalue weighted by atomic mass is 16.3. The molecule has 0 spiro atoms. The third-order valence-electron chi connectivity index (χ3n) is 2.41. The van der Waals surface area contributed by atoms with Gasteiger partial charge in [0, 0.05) is 13.1 Å². The van der Waals surface area contributed by atoms with Crippen molar-refractivity contribution in [1.29, 1.82) is 0 Å². The second-order valence-electron chi connectivity index (χ2n) is 4.09. The Morgan fingerprint density at radius 1 is 1.56 bits per heavy atom. The van der Waals surface area contributed by atoms with Crippen LogP contribution in [0.4, 0.5) is 5.69 Å². The fourth-order valence-corrected chi connectivity index (χ4v) is 1.54. The zero-order valence-electron chi connectivity index (χ0n) is 10.3. The van der Waals surface area contributed by atoms with Crippen molar-refractivity contribution in [2.45, 2.75) is 26.9 Å². The molecule has 1 rings (SSSR count). The highest BCUT2D eigenvalue weighted by Crippen LogP contribution is 2.16. The molecule has 0 radical (unpaired) electrons. The van der Waals surface area contributed by atoms with Gasteiger partial charge in [-0.2, -0.15) is 0 Å². The first-order valence-electron chi connectivity index (χ1n) is 5.58. The molecule has 0 aromatic carbocycles. The van der Waals surface area contributed by atoms with Gasteiger partial charge in [-0.1, -0.05) is 12.2 Å². The molecule has 1 aromatic rings. The lowest BCUT2D eigenvalue weighted by atomic mass is 10.2. The monoisotopic (exact) mass is 220 g/mol. The Balaban J connectivity index is 2.82. The number of aliphatic hydroxyl groups excluding tert-OH is 1. The van der Waals surface area contributed by atoms with Gasteiger partial charge in [-0.15, -0.1) is 0 Å². The predicted octanol–water partition coefficient (Wildman–Crippen LogP) is 2.54. The van der Waals surface area contributed by atoms with Gasteiger partial charge in [-0.25, -0.2) is 0 Å². The summed E-state index contributed by atoms with van der Waals surface area (Å²) in [6.45, 7) is 11.5. The van der Waals surface area contributed by atoms with E-state index in [0.717, 1.165) is 24.4 Å². The third-order valence-corrected chi connectivity index (χ3v) is 2.41. The summed E-state index contributed by atoms with van der Waals surface area (Å²) in [6, 6.07) is 3.85. The second kappa shape index (κ2) is 5.66. The number of nitrogens with zero attached hydrogens (tertiary/aromatic N) is 2. The SMILES string of the molecule is C=C(C)CN(CC)c1ccc([C@H](C)O)nc1. The second-order valence-corrected chi connectivity index (χ2v) is 4.09. The maximum atomic E-state index is 9.37. The molecule has 88 valence electrons. The Morgan fingerprint density at radius 3 is 2.62 bits per heavy atom. The number of hydrogen-bond donors (Lipinski definition) is 1. The highest BCUT2D eigenvalue weighted by molar-refractivity contribution is 5.45. The van der Waals surface area contributed by atoms with Crippen molar-refractivity contribution in [2.75, 3.05) is 18.0 Å². The summed E-state index contributed by atoms with van der Waals surface area (Å²) >= 11 is 0. The van der Waals surface area contributed by atoms with Crippen LogP contribution in [0.25, 0.3) is 0 Å². The highest BCUT2D eigenvalue weighted by Gasteiger charge is 2.06. The van der Waals surface area contributed by atoms with Crippen LogP contribution >= 0.6 is 0 Å². The molecular formula is C13H20N2O. The molecule has 1 heterocycles. The normalized spacial score (nSPS) is 12.2. The van der Waals surface area contributed by atoms with Crippen LogP contribution in [0.3, 0.4) is 0 Å². The van der Waals surface area contributed by atoms with E-state index in [4.69, 9.17) is 0 Å². The fraction of sp³-hybridized carbons (Fsp3) is 0.462. The lowest BCUT2D eigenvalue weighted by molar-refractivity contribution is 0.194. The number of anilines is 1. The van der Waals surface area contributed by atoms with E-state index in [1.807, 2.05) is 19.1 Å². The molecule has 0 bridgehead atoms. The van der Waals surface area contributed by atoms with Gasteiger partial charge in [0.15, 0.2) is 0 Å². The lowest BCUT2D eigenvalue weighted by Crippen LogP contribution is -2.24. The van der Waals surface area contributed by atoms with Crippen molar-refractivity contribution in [2.24, 2.45) is 0 Å². The molecule has 0 unspecified atom stereocenters. The molecule has 0 aliphatic heterocycles. The van der Waals surface area contributed by atoms with Gasteiger partial charge in [0.25, 0.3) is 0 Å². The largest absolute Gasteiger partial charge is 0.387 e. The van der Waals surface area contributed by atoms with E-state index in [1.54, 1.807) is 13.1 Å². The van der Waals surface area contributed by atoms with Gasteiger partial charge >= 0.3 is 0 Å². The number of likely N-dealkylation sites (N-methyl/N-ethyl adjacent to an activating group) is 1. The van der Waals surface area contributed by atoms with Crippen LogP contribution in [0.2, 0.25) is 0 Å². The van der Waals surface area contributed by atoms with Gasteiger partial charge in [0.1, 0.15) is 0 Å². The van der Waals surface area contributed by atoms with Crippen molar-refractivity contribution < 1.29 is 5.11 Å². The van der Waals surface area contributed by atoms with E-state index >= 15 is 0 Å². The summed E-state index contributed by atoms with van der Waals surface area (Å²) < 4.78 is 0. The zero-order chi connectivity index (χ0) is 12.1. The molecule has 16 heavy (non-hydrogen) atoms. The Bertz CT molecular complexity index is 343. The van der Waals surface area contributed by atoms with Crippen LogP contribution in [0.1, 0.15) is 32.6 Å². The molecule has 0 fully saturated rings. The Morgan fingerprint density at radius 2 is 2.25 bits per heavy atom. The number of hydrogen-bond acceptors (Lipinski definition) is 3. The molecule has 0 saturated heterocycles. The smallest absolute Gasteiger partial charge is 0.0931 e. The van der Waals surface area contributed by atoms with Crippen LogP contribution in [0.5, 0.6) is 0 Å². The quantitative estimate of drug-likeness (QED) is 0.775. The standard InChI is InChI=1S/C13H20N2O/c1-5-15(9-10(2)3)12-6-7-13(11(4)16)14-8-12/h6-8,11,16H,2,5,9H2,1,3-4H3/t11-/m0/s1. The molecule has 1 aromatic heterocycles. The number of pyridine rings is 1. The summed E-state index contributed by atoms with van der Waals surface area (Å²) in [5, 5.41) is 9.37. The van der Waals surface area contributed by atoms with Gasteiger partial charge in [-0.3, -0.25) is 4.98 Å². The molecule has 1 atom stereocenters. The topological polar surface area (TPSA) is 36.4 Å².